The highest BCUT2D eigenvalue weighted by molar-refractivity contribution is 6.47. The lowest BCUT2D eigenvalue weighted by molar-refractivity contribution is -0.150. The fraction of sp³-hybridized carbons (Fsp3) is 0.364. The van der Waals surface area contributed by atoms with Crippen molar-refractivity contribution in [2.75, 3.05) is 13.1 Å². The van der Waals surface area contributed by atoms with Gasteiger partial charge in [-0.05, 0) is 67.5 Å². The largest absolute Gasteiger partial charge is 0.276 e. The van der Waals surface area contributed by atoms with E-state index in [1.165, 1.54) is 15.6 Å². The van der Waals surface area contributed by atoms with Crippen molar-refractivity contribution < 1.29 is 9.59 Å². The number of hydrogen-bond acceptors (Lipinski definition) is 2. The molecule has 0 spiro atoms. The minimum atomic E-state index is -1.67. The molecule has 4 nitrogen and oxygen atoms in total. The summed E-state index contributed by atoms with van der Waals surface area (Å²) in [6.07, 6.45) is 1.79. The highest BCUT2D eigenvalue weighted by Crippen LogP contribution is 2.44. The average Bonchev–Trinajstić information content (AvgIpc) is 2.85. The second kappa shape index (κ2) is 6.38. The van der Waals surface area contributed by atoms with Crippen LogP contribution in [0.3, 0.4) is 0 Å². The molecule has 140 valence electrons. The van der Waals surface area contributed by atoms with Crippen molar-refractivity contribution in [3.8, 4) is 11.1 Å². The fourth-order valence-corrected chi connectivity index (χ4v) is 4.53. The van der Waals surface area contributed by atoms with Gasteiger partial charge in [0.25, 0.3) is 11.8 Å². The number of carbonyl (C=O) groups excluding carboxylic acids is 2. The Morgan fingerprint density at radius 1 is 0.852 bits per heavy atom. The molecule has 2 amide bonds. The lowest BCUT2D eigenvalue weighted by atomic mass is 9.87. The summed E-state index contributed by atoms with van der Waals surface area (Å²) in [5, 5.41) is 3.06. The molecule has 0 saturated carbocycles. The van der Waals surface area contributed by atoms with E-state index in [2.05, 4.69) is 24.3 Å². The molecule has 2 aromatic rings. The highest BCUT2D eigenvalue weighted by atomic mass is 35.5. The van der Waals surface area contributed by atoms with Crippen LogP contribution in [-0.4, -0.2) is 34.9 Å². The first-order valence-electron chi connectivity index (χ1n) is 9.35. The van der Waals surface area contributed by atoms with E-state index < -0.39 is 4.87 Å². The molecule has 0 bridgehead atoms. The fourth-order valence-electron chi connectivity index (χ4n) is 4.13. The van der Waals surface area contributed by atoms with Gasteiger partial charge in [-0.1, -0.05) is 47.5 Å². The van der Waals surface area contributed by atoms with Crippen LogP contribution < -0.4 is 0 Å². The molecule has 2 saturated heterocycles. The van der Waals surface area contributed by atoms with E-state index in [-0.39, 0.29) is 11.8 Å². The highest BCUT2D eigenvalue weighted by Gasteiger charge is 2.59. The maximum atomic E-state index is 13.1. The zero-order valence-corrected chi connectivity index (χ0v) is 16.6. The molecule has 2 heterocycles. The Morgan fingerprint density at radius 2 is 1.41 bits per heavy atom. The molecule has 2 aromatic carbocycles. The van der Waals surface area contributed by atoms with E-state index in [1.54, 1.807) is 0 Å². The van der Waals surface area contributed by atoms with Gasteiger partial charge in [0.05, 0.1) is 0 Å². The van der Waals surface area contributed by atoms with Crippen LogP contribution >= 0.6 is 11.6 Å². The van der Waals surface area contributed by atoms with Crippen LogP contribution in [0.1, 0.15) is 35.1 Å². The summed E-state index contributed by atoms with van der Waals surface area (Å²) in [7, 11) is 0. The standard InChI is InChI=1S/C22H23ClN2O2/c1-14-6-8-17(9-7-14)18-13-19(16(3)12-15(18)2)22(23)20(26)24-10-4-5-11-25(24)21(22)27/h6-9,12-13H,4-5,10-11H2,1-3H3. The second-order valence-electron chi connectivity index (χ2n) is 7.57. The quantitative estimate of drug-likeness (QED) is 0.579. The van der Waals surface area contributed by atoms with Gasteiger partial charge in [0.1, 0.15) is 0 Å². The third kappa shape index (κ3) is 2.66. The summed E-state index contributed by atoms with van der Waals surface area (Å²) in [5.74, 6) is -0.647. The van der Waals surface area contributed by atoms with Crippen molar-refractivity contribution in [2.45, 2.75) is 38.5 Å². The SMILES string of the molecule is Cc1ccc(-c2cc(C3(Cl)C(=O)N4CCCCN4C3=O)c(C)cc2C)cc1. The molecule has 0 aliphatic carbocycles. The van der Waals surface area contributed by atoms with E-state index >= 15 is 0 Å². The number of rotatable bonds is 2. The predicted molar refractivity (Wildman–Crippen MR) is 106 cm³/mol. The number of hydrogen-bond donors (Lipinski definition) is 0. The van der Waals surface area contributed by atoms with E-state index in [1.807, 2.05) is 32.9 Å². The second-order valence-corrected chi connectivity index (χ2v) is 8.14. The van der Waals surface area contributed by atoms with Gasteiger partial charge in [0.2, 0.25) is 4.87 Å². The zero-order chi connectivity index (χ0) is 19.3. The van der Waals surface area contributed by atoms with Gasteiger partial charge in [-0.15, -0.1) is 0 Å². The molecule has 0 unspecified atom stereocenters. The lowest BCUT2D eigenvalue weighted by Crippen LogP contribution is -2.45. The lowest BCUT2D eigenvalue weighted by Gasteiger charge is -2.31. The van der Waals surface area contributed by atoms with Crippen molar-refractivity contribution in [3.63, 3.8) is 0 Å². The molecule has 0 radical (unpaired) electrons. The summed E-state index contributed by atoms with van der Waals surface area (Å²) in [6.45, 7) is 7.10. The van der Waals surface area contributed by atoms with Gasteiger partial charge in [-0.2, -0.15) is 0 Å². The number of hydrazine groups is 1. The van der Waals surface area contributed by atoms with E-state index in [0.717, 1.165) is 35.1 Å². The van der Waals surface area contributed by atoms with Crippen LogP contribution in [0.2, 0.25) is 0 Å². The first kappa shape index (κ1) is 18.1. The molecular weight excluding hydrogens is 360 g/mol. The molecule has 4 rings (SSSR count). The number of halogens is 1. The molecule has 27 heavy (non-hydrogen) atoms. The van der Waals surface area contributed by atoms with E-state index in [9.17, 15) is 9.59 Å². The van der Waals surface area contributed by atoms with Crippen LogP contribution in [0.5, 0.6) is 0 Å². The summed E-state index contributed by atoms with van der Waals surface area (Å²) < 4.78 is 0. The number of nitrogens with zero attached hydrogens (tertiary/aromatic N) is 2. The maximum absolute atomic E-state index is 13.1. The Morgan fingerprint density at radius 3 is 1.96 bits per heavy atom. The number of amides is 2. The molecule has 0 aromatic heterocycles. The summed E-state index contributed by atoms with van der Waals surface area (Å²) >= 11 is 6.83. The Bertz CT molecular complexity index is 912. The summed E-state index contributed by atoms with van der Waals surface area (Å²) in [5.41, 5.74) is 5.78. The van der Waals surface area contributed by atoms with Crippen molar-refractivity contribution in [1.82, 2.24) is 10.0 Å². The monoisotopic (exact) mass is 382 g/mol. The van der Waals surface area contributed by atoms with Gasteiger partial charge in [-0.3, -0.25) is 9.59 Å². The van der Waals surface area contributed by atoms with Gasteiger partial charge in [-0.25, -0.2) is 10.0 Å². The molecule has 2 fully saturated rings. The van der Waals surface area contributed by atoms with Crippen LogP contribution in [-0.2, 0) is 14.5 Å². The summed E-state index contributed by atoms with van der Waals surface area (Å²) in [6, 6.07) is 12.2. The minimum Gasteiger partial charge on any atom is -0.270 e. The maximum Gasteiger partial charge on any atom is 0.276 e. The first-order valence-corrected chi connectivity index (χ1v) is 9.73. The third-order valence-electron chi connectivity index (χ3n) is 5.64. The number of fused-ring (bicyclic) bond motifs is 1. The van der Waals surface area contributed by atoms with Crippen LogP contribution in [0.15, 0.2) is 36.4 Å². The van der Waals surface area contributed by atoms with Crippen molar-refractivity contribution >= 4 is 23.4 Å². The van der Waals surface area contributed by atoms with Gasteiger partial charge < -0.3 is 0 Å². The molecule has 2 aliphatic rings. The number of aryl methyl sites for hydroxylation is 3. The smallest absolute Gasteiger partial charge is 0.270 e. The normalized spacial score (nSPS) is 18.8. The van der Waals surface area contributed by atoms with Crippen molar-refractivity contribution in [3.05, 3.63) is 58.7 Å². The topological polar surface area (TPSA) is 40.6 Å². The predicted octanol–water partition coefficient (Wildman–Crippen LogP) is 4.09. The Balaban J connectivity index is 1.86. The first-order chi connectivity index (χ1) is 12.8. The third-order valence-corrected chi connectivity index (χ3v) is 6.17. The summed E-state index contributed by atoms with van der Waals surface area (Å²) in [4.78, 5) is 24.6. The van der Waals surface area contributed by atoms with Gasteiger partial charge >= 0.3 is 0 Å². The number of benzene rings is 2. The number of carbonyl (C=O) groups is 2. The van der Waals surface area contributed by atoms with Crippen molar-refractivity contribution in [2.24, 2.45) is 0 Å². The Hall–Kier alpha value is -2.33. The molecule has 5 heteroatoms. The molecule has 0 atom stereocenters. The van der Waals surface area contributed by atoms with Crippen molar-refractivity contribution in [1.29, 1.82) is 0 Å². The molecule has 0 N–H and O–H groups in total. The zero-order valence-electron chi connectivity index (χ0n) is 15.9. The molecular formula is C22H23ClN2O2. The number of alkyl halides is 1. The Labute approximate surface area is 164 Å². The van der Waals surface area contributed by atoms with Crippen LogP contribution in [0.25, 0.3) is 11.1 Å². The minimum absolute atomic E-state index is 0.323. The molecule has 2 aliphatic heterocycles. The van der Waals surface area contributed by atoms with E-state index in [4.69, 9.17) is 11.6 Å². The van der Waals surface area contributed by atoms with Gasteiger partial charge in [0.15, 0.2) is 0 Å². The van der Waals surface area contributed by atoms with Gasteiger partial charge in [0, 0.05) is 13.1 Å². The van der Waals surface area contributed by atoms with Crippen LogP contribution in [0.4, 0.5) is 0 Å². The van der Waals surface area contributed by atoms with E-state index in [0.29, 0.717) is 18.7 Å². The Kier molecular flexibility index (Phi) is 4.26. The van der Waals surface area contributed by atoms with Crippen LogP contribution in [0, 0.1) is 20.8 Å². The average molecular weight is 383 g/mol.